The van der Waals surface area contributed by atoms with Crippen LogP contribution in [0, 0.1) is 0 Å². The summed E-state index contributed by atoms with van der Waals surface area (Å²) in [5.41, 5.74) is 3.10. The predicted molar refractivity (Wildman–Crippen MR) is 135 cm³/mol. The summed E-state index contributed by atoms with van der Waals surface area (Å²) in [5.74, 6) is 0.301. The van der Waals surface area contributed by atoms with Gasteiger partial charge in [0.05, 0.1) is 24.8 Å². The second-order valence-corrected chi connectivity index (χ2v) is 7.83. The van der Waals surface area contributed by atoms with Gasteiger partial charge in [-0.3, -0.25) is 9.59 Å². The van der Waals surface area contributed by atoms with Crippen molar-refractivity contribution in [3.8, 4) is 5.75 Å². The zero-order valence-electron chi connectivity index (χ0n) is 18.7. The third kappa shape index (κ3) is 6.89. The Morgan fingerprint density at radius 1 is 0.909 bits per heavy atom. The van der Waals surface area contributed by atoms with Gasteiger partial charge < -0.3 is 20.3 Å². The van der Waals surface area contributed by atoms with Crippen LogP contribution in [-0.2, 0) is 17.6 Å². The molecule has 6 nitrogen and oxygen atoms in total. The molecule has 0 spiro atoms. The number of ether oxygens (including phenoxy) is 1. The van der Waals surface area contributed by atoms with Crippen LogP contribution in [0.15, 0.2) is 78.9 Å². The Kier molecular flexibility index (Phi) is 8.55. The molecule has 0 bridgehead atoms. The van der Waals surface area contributed by atoms with Gasteiger partial charge in [0.2, 0.25) is 5.91 Å². The molecule has 2 amide bonds. The van der Waals surface area contributed by atoms with Gasteiger partial charge in [0.25, 0.3) is 5.91 Å². The third-order valence-corrected chi connectivity index (χ3v) is 5.50. The molecule has 0 saturated heterocycles. The first kappa shape index (κ1) is 23.9. The Balaban J connectivity index is 1.59. The van der Waals surface area contributed by atoms with Gasteiger partial charge in [-0.2, -0.15) is 0 Å². The number of amides is 2. The van der Waals surface area contributed by atoms with Gasteiger partial charge in [0, 0.05) is 13.6 Å². The topological polar surface area (TPSA) is 70.7 Å². The standard InChI is InChI=1S/C26H27N3O3S/c1-29(26(33)28-24(30)18-20-12-14-21(32-2)15-13-20)23-11-7-6-10-22(23)25(31)27-17-16-19-8-4-3-5-9-19/h3-15H,16-18H2,1-2H3,(H,27,31)(H,28,30,33). The second-order valence-electron chi connectivity index (χ2n) is 7.45. The number of benzene rings is 3. The van der Waals surface area contributed by atoms with Gasteiger partial charge in [0.1, 0.15) is 5.75 Å². The van der Waals surface area contributed by atoms with Crippen LogP contribution in [0.3, 0.4) is 0 Å². The zero-order valence-corrected chi connectivity index (χ0v) is 19.5. The quantitative estimate of drug-likeness (QED) is 0.500. The summed E-state index contributed by atoms with van der Waals surface area (Å²) >= 11 is 5.43. The van der Waals surface area contributed by atoms with Gasteiger partial charge >= 0.3 is 0 Å². The fraction of sp³-hybridized carbons (Fsp3) is 0.192. The van der Waals surface area contributed by atoms with Crippen LogP contribution < -0.4 is 20.3 Å². The monoisotopic (exact) mass is 461 g/mol. The average molecular weight is 462 g/mol. The molecule has 0 saturated carbocycles. The minimum Gasteiger partial charge on any atom is -0.497 e. The van der Waals surface area contributed by atoms with Crippen LogP contribution in [0.2, 0.25) is 0 Å². The normalized spacial score (nSPS) is 10.2. The van der Waals surface area contributed by atoms with Crippen LogP contribution in [0.4, 0.5) is 5.69 Å². The SMILES string of the molecule is COc1ccc(CC(=O)NC(=S)N(C)c2ccccc2C(=O)NCCc2ccccc2)cc1. The molecule has 0 aromatic heterocycles. The molecule has 0 aliphatic heterocycles. The first-order valence-corrected chi connectivity index (χ1v) is 11.0. The molecule has 0 fully saturated rings. The molecule has 0 aliphatic rings. The lowest BCUT2D eigenvalue weighted by atomic mass is 10.1. The lowest BCUT2D eigenvalue weighted by Gasteiger charge is -2.23. The van der Waals surface area contributed by atoms with E-state index in [2.05, 4.69) is 10.6 Å². The van der Waals surface area contributed by atoms with E-state index >= 15 is 0 Å². The summed E-state index contributed by atoms with van der Waals surface area (Å²) in [6, 6.07) is 24.4. The largest absolute Gasteiger partial charge is 0.497 e. The molecule has 0 radical (unpaired) electrons. The summed E-state index contributed by atoms with van der Waals surface area (Å²) in [5, 5.41) is 5.92. The van der Waals surface area contributed by atoms with E-state index in [-0.39, 0.29) is 23.3 Å². The number of para-hydroxylation sites is 1. The summed E-state index contributed by atoms with van der Waals surface area (Å²) in [4.78, 5) is 26.9. The molecule has 0 unspecified atom stereocenters. The lowest BCUT2D eigenvalue weighted by Crippen LogP contribution is -2.42. The number of nitrogens with one attached hydrogen (secondary N) is 2. The van der Waals surface area contributed by atoms with Crippen LogP contribution in [0.5, 0.6) is 5.75 Å². The van der Waals surface area contributed by atoms with Gasteiger partial charge in [-0.1, -0.05) is 54.6 Å². The molecular weight excluding hydrogens is 434 g/mol. The number of carbonyl (C=O) groups excluding carboxylic acids is 2. The van der Waals surface area contributed by atoms with Gasteiger partial charge in [0.15, 0.2) is 5.11 Å². The molecule has 170 valence electrons. The van der Waals surface area contributed by atoms with Crippen molar-refractivity contribution in [3.63, 3.8) is 0 Å². The van der Waals surface area contributed by atoms with Gasteiger partial charge in [-0.05, 0) is 54.0 Å². The highest BCUT2D eigenvalue weighted by Crippen LogP contribution is 2.19. The van der Waals surface area contributed by atoms with Gasteiger partial charge in [-0.15, -0.1) is 0 Å². The second kappa shape index (κ2) is 11.8. The fourth-order valence-electron chi connectivity index (χ4n) is 3.30. The van der Waals surface area contributed by atoms with Crippen LogP contribution in [-0.4, -0.2) is 37.6 Å². The van der Waals surface area contributed by atoms with Crippen molar-refractivity contribution in [1.29, 1.82) is 0 Å². The molecule has 33 heavy (non-hydrogen) atoms. The number of hydrogen-bond donors (Lipinski definition) is 2. The Morgan fingerprint density at radius 2 is 1.58 bits per heavy atom. The first-order valence-electron chi connectivity index (χ1n) is 10.6. The molecule has 7 heteroatoms. The highest BCUT2D eigenvalue weighted by Gasteiger charge is 2.17. The van der Waals surface area contributed by atoms with Crippen molar-refractivity contribution in [1.82, 2.24) is 10.6 Å². The van der Waals surface area contributed by atoms with Crippen molar-refractivity contribution in [3.05, 3.63) is 95.6 Å². The minimum atomic E-state index is -0.234. The van der Waals surface area contributed by atoms with Crippen LogP contribution >= 0.6 is 12.2 Å². The number of rotatable bonds is 8. The van der Waals surface area contributed by atoms with Crippen LogP contribution in [0.25, 0.3) is 0 Å². The smallest absolute Gasteiger partial charge is 0.253 e. The molecular formula is C26H27N3O3S. The Bertz CT molecular complexity index is 1100. The van der Waals surface area contributed by atoms with E-state index in [0.29, 0.717) is 17.8 Å². The lowest BCUT2D eigenvalue weighted by molar-refractivity contribution is -0.119. The average Bonchev–Trinajstić information content (AvgIpc) is 2.84. The predicted octanol–water partition coefficient (Wildman–Crippen LogP) is 3.75. The van der Waals surface area contributed by atoms with E-state index in [9.17, 15) is 9.59 Å². The van der Waals surface area contributed by atoms with Crippen molar-refractivity contribution >= 4 is 34.8 Å². The number of methoxy groups -OCH3 is 1. The van der Waals surface area contributed by atoms with Crippen molar-refractivity contribution < 1.29 is 14.3 Å². The summed E-state index contributed by atoms with van der Waals surface area (Å²) < 4.78 is 5.14. The minimum absolute atomic E-state index is 0.180. The maximum absolute atomic E-state index is 12.8. The summed E-state index contributed by atoms with van der Waals surface area (Å²) in [7, 11) is 3.32. The maximum atomic E-state index is 12.8. The Hall–Kier alpha value is -3.71. The fourth-order valence-corrected chi connectivity index (χ4v) is 3.52. The van der Waals surface area contributed by atoms with Crippen molar-refractivity contribution in [2.24, 2.45) is 0 Å². The van der Waals surface area contributed by atoms with E-state index in [4.69, 9.17) is 17.0 Å². The first-order chi connectivity index (χ1) is 16.0. The van der Waals surface area contributed by atoms with E-state index in [1.54, 1.807) is 49.4 Å². The number of hydrogen-bond acceptors (Lipinski definition) is 4. The molecule has 2 N–H and O–H groups in total. The highest BCUT2D eigenvalue weighted by atomic mass is 32.1. The third-order valence-electron chi connectivity index (χ3n) is 5.13. The molecule has 3 aromatic carbocycles. The van der Waals surface area contributed by atoms with E-state index in [1.807, 2.05) is 48.5 Å². The van der Waals surface area contributed by atoms with E-state index in [0.717, 1.165) is 23.3 Å². The van der Waals surface area contributed by atoms with E-state index < -0.39 is 0 Å². The Morgan fingerprint density at radius 3 is 2.27 bits per heavy atom. The maximum Gasteiger partial charge on any atom is 0.253 e. The molecule has 0 aliphatic carbocycles. The van der Waals surface area contributed by atoms with Crippen molar-refractivity contribution in [2.75, 3.05) is 25.6 Å². The molecule has 3 aromatic rings. The Labute approximate surface area is 199 Å². The molecule has 0 heterocycles. The van der Waals surface area contributed by atoms with E-state index in [1.165, 1.54) is 0 Å². The number of thiocarbonyl (C=S) groups is 1. The van der Waals surface area contributed by atoms with Crippen molar-refractivity contribution in [2.45, 2.75) is 12.8 Å². The highest BCUT2D eigenvalue weighted by molar-refractivity contribution is 7.80. The van der Waals surface area contributed by atoms with Crippen LogP contribution in [0.1, 0.15) is 21.5 Å². The molecule has 0 atom stereocenters. The number of anilines is 1. The zero-order chi connectivity index (χ0) is 23.6. The summed E-state index contributed by atoms with van der Waals surface area (Å²) in [6.07, 6.45) is 0.921. The summed E-state index contributed by atoms with van der Waals surface area (Å²) in [6.45, 7) is 0.518. The number of carbonyl (C=O) groups is 2. The van der Waals surface area contributed by atoms with Gasteiger partial charge in [-0.25, -0.2) is 0 Å². The molecule has 3 rings (SSSR count). The number of nitrogens with zero attached hydrogens (tertiary/aromatic N) is 1.